The summed E-state index contributed by atoms with van der Waals surface area (Å²) in [6, 6.07) is 19.5. The molecule has 3 aromatic rings. The van der Waals surface area contributed by atoms with Gasteiger partial charge in [0.25, 0.3) is 11.8 Å². The van der Waals surface area contributed by atoms with Crippen molar-refractivity contribution in [1.82, 2.24) is 21.1 Å². The molecular weight excluding hydrogens is 534 g/mol. The second-order valence-electron chi connectivity index (χ2n) is 10.2. The monoisotopic (exact) mass is 573 g/mol. The highest BCUT2D eigenvalue weighted by molar-refractivity contribution is 5.98. The van der Waals surface area contributed by atoms with Gasteiger partial charge in [0.1, 0.15) is 0 Å². The lowest BCUT2D eigenvalue weighted by Crippen LogP contribution is -2.41. The van der Waals surface area contributed by atoms with Crippen LogP contribution in [0.25, 0.3) is 10.8 Å². The van der Waals surface area contributed by atoms with Gasteiger partial charge in [0.2, 0.25) is 5.91 Å². The van der Waals surface area contributed by atoms with Crippen molar-refractivity contribution in [1.29, 1.82) is 0 Å². The van der Waals surface area contributed by atoms with E-state index in [0.29, 0.717) is 11.1 Å². The molecule has 0 spiro atoms. The summed E-state index contributed by atoms with van der Waals surface area (Å²) in [5.41, 5.74) is 7.62. The predicted octanol–water partition coefficient (Wildman–Crippen LogP) is 3.14. The van der Waals surface area contributed by atoms with Crippen molar-refractivity contribution in [3.05, 3.63) is 89.5 Å². The molecule has 3 N–H and O–H groups in total. The number of ether oxygens (including phenoxy) is 1. The second-order valence-corrected chi connectivity index (χ2v) is 10.2. The van der Waals surface area contributed by atoms with Crippen LogP contribution in [0.4, 0.5) is 5.69 Å². The lowest BCUT2D eigenvalue weighted by molar-refractivity contribution is -0.135. The van der Waals surface area contributed by atoms with Gasteiger partial charge in [0.05, 0.1) is 13.2 Å². The minimum absolute atomic E-state index is 0.0238. The van der Waals surface area contributed by atoms with Crippen molar-refractivity contribution in [3.8, 4) is 0 Å². The number of hydrogen-bond acceptors (Lipinski definition) is 7. The van der Waals surface area contributed by atoms with Crippen LogP contribution in [0.3, 0.4) is 0 Å². The van der Waals surface area contributed by atoms with E-state index in [-0.39, 0.29) is 24.8 Å². The van der Waals surface area contributed by atoms with E-state index in [4.69, 9.17) is 0 Å². The first-order chi connectivity index (χ1) is 20.1. The highest BCUT2D eigenvalue weighted by Gasteiger charge is 2.19. The van der Waals surface area contributed by atoms with Gasteiger partial charge in [-0.25, -0.2) is 4.79 Å². The number of methoxy groups -OCH3 is 1. The van der Waals surface area contributed by atoms with Crippen molar-refractivity contribution in [2.45, 2.75) is 25.8 Å². The van der Waals surface area contributed by atoms with Gasteiger partial charge in [0, 0.05) is 50.0 Å². The van der Waals surface area contributed by atoms with Gasteiger partial charge in [-0.1, -0.05) is 48.5 Å². The summed E-state index contributed by atoms with van der Waals surface area (Å²) in [5, 5.41) is 5.32. The Balaban J connectivity index is 1.76. The quantitative estimate of drug-likeness (QED) is 0.173. The Morgan fingerprint density at radius 1 is 0.905 bits per heavy atom. The van der Waals surface area contributed by atoms with E-state index >= 15 is 0 Å². The highest BCUT2D eigenvalue weighted by atomic mass is 16.5. The van der Waals surface area contributed by atoms with Gasteiger partial charge in [-0.15, -0.1) is 0 Å². The zero-order valence-electron chi connectivity index (χ0n) is 24.8. The van der Waals surface area contributed by atoms with E-state index < -0.39 is 17.8 Å². The number of likely N-dealkylation sites (N-methyl/N-ethyl adjacent to an activating group) is 2. The van der Waals surface area contributed by atoms with Crippen LogP contribution in [-0.4, -0.2) is 69.9 Å². The highest BCUT2D eigenvalue weighted by Crippen LogP contribution is 2.26. The fraction of sp³-hybridized carbons (Fsp3) is 0.312. The van der Waals surface area contributed by atoms with E-state index in [2.05, 4.69) is 30.7 Å². The van der Waals surface area contributed by atoms with Crippen LogP contribution in [0.5, 0.6) is 0 Å². The molecule has 10 nitrogen and oxygen atoms in total. The first-order valence-electron chi connectivity index (χ1n) is 13.7. The number of anilines is 1. The van der Waals surface area contributed by atoms with Gasteiger partial charge in [-0.3, -0.25) is 25.2 Å². The summed E-state index contributed by atoms with van der Waals surface area (Å²) >= 11 is 0. The van der Waals surface area contributed by atoms with Gasteiger partial charge in [0.15, 0.2) is 0 Å². The summed E-state index contributed by atoms with van der Waals surface area (Å²) in [4.78, 5) is 53.2. The molecule has 0 bridgehead atoms. The third-order valence-corrected chi connectivity index (χ3v) is 6.82. The van der Waals surface area contributed by atoms with Crippen LogP contribution >= 0.6 is 0 Å². The summed E-state index contributed by atoms with van der Waals surface area (Å²) in [7, 11) is 7.18. The van der Waals surface area contributed by atoms with Crippen LogP contribution in [0, 0.1) is 0 Å². The molecule has 3 amide bonds. The minimum Gasteiger partial charge on any atom is -0.466 e. The Kier molecular flexibility index (Phi) is 11.6. The number of amides is 3. The number of rotatable bonds is 12. The van der Waals surface area contributed by atoms with Gasteiger partial charge in [-0.2, -0.15) is 0 Å². The van der Waals surface area contributed by atoms with E-state index in [1.165, 1.54) is 7.11 Å². The van der Waals surface area contributed by atoms with Gasteiger partial charge >= 0.3 is 5.97 Å². The average molecular weight is 574 g/mol. The molecule has 3 rings (SSSR count). The van der Waals surface area contributed by atoms with E-state index in [0.717, 1.165) is 47.3 Å². The van der Waals surface area contributed by atoms with Gasteiger partial charge in [-0.05, 0) is 61.5 Å². The molecule has 222 valence electrons. The first kappa shape index (κ1) is 31.8. The summed E-state index contributed by atoms with van der Waals surface area (Å²) in [6.45, 7) is 3.57. The Hall–Kier alpha value is -4.70. The number of aryl methyl sites for hydroxylation is 1. The average Bonchev–Trinajstić information content (AvgIpc) is 2.99. The van der Waals surface area contributed by atoms with Crippen molar-refractivity contribution >= 4 is 40.2 Å². The Morgan fingerprint density at radius 2 is 1.64 bits per heavy atom. The Morgan fingerprint density at radius 3 is 2.38 bits per heavy atom. The molecule has 0 heterocycles. The number of hydrogen-bond donors (Lipinski definition) is 3. The molecular formula is C32H39N5O5. The second kappa shape index (κ2) is 15.3. The molecule has 1 unspecified atom stereocenters. The fourth-order valence-corrected chi connectivity index (χ4v) is 4.39. The molecule has 1 atom stereocenters. The zero-order valence-corrected chi connectivity index (χ0v) is 24.8. The molecule has 0 aliphatic rings. The smallest absolute Gasteiger partial charge is 0.330 e. The van der Waals surface area contributed by atoms with E-state index in [1.54, 1.807) is 0 Å². The normalized spacial score (nSPS) is 11.8. The third-order valence-electron chi connectivity index (χ3n) is 6.82. The van der Waals surface area contributed by atoms with E-state index in [9.17, 15) is 19.2 Å². The predicted molar refractivity (Wildman–Crippen MR) is 164 cm³/mol. The van der Waals surface area contributed by atoms with Crippen LogP contribution < -0.4 is 21.1 Å². The minimum atomic E-state index is -0.687. The number of esters is 1. The van der Waals surface area contributed by atoms with Gasteiger partial charge < -0.3 is 19.9 Å². The SMILES string of the molecule is COC(=O)/C=C/C(=O)NNC(=O)CCc1ccc(N(C)CCN(C)C)cc1C(=O)NC(C)c1cccc2ccccc12. The molecule has 42 heavy (non-hydrogen) atoms. The molecule has 0 fully saturated rings. The Labute approximate surface area is 246 Å². The largest absolute Gasteiger partial charge is 0.466 e. The molecule has 0 saturated carbocycles. The summed E-state index contributed by atoms with van der Waals surface area (Å²) in [5.74, 6) is -2.05. The maximum absolute atomic E-state index is 13.7. The number of fused-ring (bicyclic) bond motifs is 1. The van der Waals surface area contributed by atoms with Crippen LogP contribution in [0.15, 0.2) is 72.8 Å². The maximum Gasteiger partial charge on any atom is 0.330 e. The molecule has 3 aromatic carbocycles. The third kappa shape index (κ3) is 9.17. The first-order valence-corrected chi connectivity index (χ1v) is 13.7. The van der Waals surface area contributed by atoms with Crippen LogP contribution in [-0.2, 0) is 25.5 Å². The molecule has 10 heteroatoms. The maximum atomic E-state index is 13.7. The van der Waals surface area contributed by atoms with Crippen LogP contribution in [0.1, 0.15) is 40.9 Å². The van der Waals surface area contributed by atoms with Crippen molar-refractivity contribution in [3.63, 3.8) is 0 Å². The fourth-order valence-electron chi connectivity index (χ4n) is 4.39. The summed E-state index contributed by atoms with van der Waals surface area (Å²) in [6.07, 6.45) is 2.20. The summed E-state index contributed by atoms with van der Waals surface area (Å²) < 4.78 is 4.43. The molecule has 0 radical (unpaired) electrons. The standard InChI is InChI=1S/C32H39N5O5/c1-22(26-12-8-10-23-9-6-7-11-27(23)26)33-32(41)28-21-25(37(4)20-19-36(2)3)15-13-24(28)14-16-29(38)34-35-30(39)17-18-31(40)42-5/h6-13,15,17-18,21-22H,14,16,19-20H2,1-5H3,(H,33,41)(H,34,38)(H,35,39)/b18-17+. The molecule has 0 aromatic heterocycles. The number of nitrogens with one attached hydrogen (secondary N) is 3. The van der Waals surface area contributed by atoms with Crippen molar-refractivity contribution in [2.75, 3.05) is 46.2 Å². The van der Waals surface area contributed by atoms with Crippen molar-refractivity contribution in [2.24, 2.45) is 0 Å². The number of hydrazine groups is 1. The zero-order chi connectivity index (χ0) is 30.6. The lowest BCUT2D eigenvalue weighted by Gasteiger charge is -2.23. The van der Waals surface area contributed by atoms with Crippen LogP contribution in [0.2, 0.25) is 0 Å². The Bertz CT molecular complexity index is 1450. The molecule has 0 aliphatic heterocycles. The molecule has 0 saturated heterocycles. The number of nitrogens with zero attached hydrogens (tertiary/aromatic N) is 2. The lowest BCUT2D eigenvalue weighted by atomic mass is 9.98. The van der Waals surface area contributed by atoms with E-state index in [1.807, 2.05) is 88.7 Å². The number of carbonyl (C=O) groups excluding carboxylic acids is 4. The topological polar surface area (TPSA) is 120 Å². The van der Waals surface area contributed by atoms with Crippen molar-refractivity contribution < 1.29 is 23.9 Å². The number of benzene rings is 3. The molecule has 0 aliphatic carbocycles. The number of carbonyl (C=O) groups is 4.